The molecule has 2 amide bonds. The number of carbonyl (C=O) groups excluding carboxylic acids is 2. The van der Waals surface area contributed by atoms with Crippen LogP contribution in [0, 0.1) is 0 Å². The van der Waals surface area contributed by atoms with Crippen molar-refractivity contribution in [2.75, 3.05) is 16.8 Å². The highest BCUT2D eigenvalue weighted by Crippen LogP contribution is 2.32. The van der Waals surface area contributed by atoms with Crippen LogP contribution >= 0.6 is 22.7 Å². The summed E-state index contributed by atoms with van der Waals surface area (Å²) in [5.74, 6) is 0.390. The second-order valence-corrected chi connectivity index (χ2v) is 8.71. The Labute approximate surface area is 186 Å². The Morgan fingerprint density at radius 3 is 2.71 bits per heavy atom. The van der Waals surface area contributed by atoms with Crippen molar-refractivity contribution in [3.05, 3.63) is 82.6 Å². The molecule has 154 valence electrons. The summed E-state index contributed by atoms with van der Waals surface area (Å²) in [6.07, 6.45) is 0. The molecule has 0 atom stereocenters. The molecule has 31 heavy (non-hydrogen) atoms. The Bertz CT molecular complexity index is 1230. The molecule has 5 rings (SSSR count). The summed E-state index contributed by atoms with van der Waals surface area (Å²) in [5, 5.41) is 7.35. The predicted molar refractivity (Wildman–Crippen MR) is 123 cm³/mol. The molecule has 2 aromatic carbocycles. The second-order valence-electron chi connectivity index (χ2n) is 6.90. The number of thiazole rings is 1. The van der Waals surface area contributed by atoms with E-state index in [9.17, 15) is 9.59 Å². The van der Waals surface area contributed by atoms with Crippen LogP contribution in [0.3, 0.4) is 0 Å². The Morgan fingerprint density at radius 1 is 1.06 bits per heavy atom. The molecule has 0 bridgehead atoms. The number of aromatic nitrogens is 1. The van der Waals surface area contributed by atoms with Crippen molar-refractivity contribution in [1.29, 1.82) is 0 Å². The van der Waals surface area contributed by atoms with Gasteiger partial charge in [0, 0.05) is 10.9 Å². The minimum absolute atomic E-state index is 0.0266. The van der Waals surface area contributed by atoms with Gasteiger partial charge in [-0.15, -0.1) is 22.7 Å². The van der Waals surface area contributed by atoms with Crippen LogP contribution in [0.2, 0.25) is 0 Å². The van der Waals surface area contributed by atoms with Gasteiger partial charge in [0.25, 0.3) is 11.8 Å². The molecule has 0 unspecified atom stereocenters. The highest BCUT2D eigenvalue weighted by Gasteiger charge is 2.25. The number of para-hydroxylation sites is 2. The fourth-order valence-electron chi connectivity index (χ4n) is 3.31. The van der Waals surface area contributed by atoms with Gasteiger partial charge in [0.15, 0.2) is 11.7 Å². The number of rotatable bonds is 5. The summed E-state index contributed by atoms with van der Waals surface area (Å²) in [5.41, 5.74) is 3.08. The highest BCUT2D eigenvalue weighted by atomic mass is 32.1. The molecule has 1 N–H and O–H groups in total. The lowest BCUT2D eigenvalue weighted by molar-refractivity contribution is -0.121. The molecule has 3 heterocycles. The van der Waals surface area contributed by atoms with Crippen LogP contribution in [0.1, 0.15) is 15.9 Å². The van der Waals surface area contributed by atoms with Crippen molar-refractivity contribution in [1.82, 2.24) is 4.98 Å². The Kier molecular flexibility index (Phi) is 5.23. The summed E-state index contributed by atoms with van der Waals surface area (Å²) in [6, 6.07) is 18.7. The molecule has 0 spiro atoms. The first-order valence-electron chi connectivity index (χ1n) is 9.59. The quantitative estimate of drug-likeness (QED) is 0.465. The number of benzene rings is 2. The van der Waals surface area contributed by atoms with E-state index in [4.69, 9.17) is 4.74 Å². The van der Waals surface area contributed by atoms with E-state index in [1.165, 1.54) is 11.3 Å². The molecule has 8 heteroatoms. The molecule has 1 aliphatic rings. The number of nitrogens with one attached hydrogen (secondary N) is 1. The maximum absolute atomic E-state index is 12.6. The SMILES string of the molecule is O=C(Nc1nc(-c2cccs2)cs1)c1ccc(CN2C(=O)COc3ccccc32)cc1. The molecule has 0 fully saturated rings. The summed E-state index contributed by atoms with van der Waals surface area (Å²) in [4.78, 5) is 32.2. The number of ether oxygens (including phenoxy) is 1. The van der Waals surface area contributed by atoms with E-state index < -0.39 is 0 Å². The smallest absolute Gasteiger partial charge is 0.265 e. The van der Waals surface area contributed by atoms with Gasteiger partial charge in [-0.1, -0.05) is 30.3 Å². The number of fused-ring (bicyclic) bond motifs is 1. The third-order valence-electron chi connectivity index (χ3n) is 4.86. The van der Waals surface area contributed by atoms with E-state index in [0.29, 0.717) is 23.0 Å². The number of thiophene rings is 1. The number of carbonyl (C=O) groups is 2. The van der Waals surface area contributed by atoms with Crippen LogP contribution < -0.4 is 15.0 Å². The van der Waals surface area contributed by atoms with E-state index in [1.807, 2.05) is 59.3 Å². The fourth-order valence-corrected chi connectivity index (χ4v) is 4.78. The van der Waals surface area contributed by atoms with Gasteiger partial charge in [0.2, 0.25) is 0 Å². The lowest BCUT2D eigenvalue weighted by Gasteiger charge is -2.29. The van der Waals surface area contributed by atoms with Gasteiger partial charge in [-0.25, -0.2) is 4.98 Å². The first-order chi connectivity index (χ1) is 15.2. The normalized spacial score (nSPS) is 12.9. The van der Waals surface area contributed by atoms with Crippen molar-refractivity contribution in [3.8, 4) is 16.3 Å². The maximum atomic E-state index is 12.6. The first kappa shape index (κ1) is 19.5. The zero-order valence-electron chi connectivity index (χ0n) is 16.3. The van der Waals surface area contributed by atoms with Crippen LogP contribution in [0.25, 0.3) is 10.6 Å². The van der Waals surface area contributed by atoms with E-state index >= 15 is 0 Å². The van der Waals surface area contributed by atoms with Crippen molar-refractivity contribution in [3.63, 3.8) is 0 Å². The topological polar surface area (TPSA) is 71.5 Å². The van der Waals surface area contributed by atoms with Crippen molar-refractivity contribution < 1.29 is 14.3 Å². The molecule has 4 aromatic rings. The van der Waals surface area contributed by atoms with E-state index in [0.717, 1.165) is 21.8 Å². The standard InChI is InChI=1S/C23H17N3O3S2/c27-21-13-29-19-5-2-1-4-18(19)26(21)12-15-7-9-16(10-8-15)22(28)25-23-24-17(14-31-23)20-6-3-11-30-20/h1-11,14H,12-13H2,(H,24,25,28). The third-order valence-corrected chi connectivity index (χ3v) is 6.51. The molecule has 0 saturated heterocycles. The summed E-state index contributed by atoms with van der Waals surface area (Å²) in [6.45, 7) is 0.441. The Hall–Kier alpha value is -3.49. The van der Waals surface area contributed by atoms with Crippen LogP contribution in [0.5, 0.6) is 5.75 Å². The average molecular weight is 448 g/mol. The molecule has 1 aliphatic heterocycles. The van der Waals surface area contributed by atoms with Crippen molar-refractivity contribution >= 4 is 45.3 Å². The molecular weight excluding hydrogens is 430 g/mol. The van der Waals surface area contributed by atoms with Crippen molar-refractivity contribution in [2.45, 2.75) is 6.54 Å². The largest absolute Gasteiger partial charge is 0.482 e. The molecular formula is C23H17N3O3S2. The van der Waals surface area contributed by atoms with Gasteiger partial charge in [-0.3, -0.25) is 14.9 Å². The predicted octanol–water partition coefficient (Wildman–Crippen LogP) is 5.05. The van der Waals surface area contributed by atoms with Gasteiger partial charge < -0.3 is 9.64 Å². The van der Waals surface area contributed by atoms with Crippen LogP contribution in [0.4, 0.5) is 10.8 Å². The maximum Gasteiger partial charge on any atom is 0.265 e. The number of hydrogen-bond acceptors (Lipinski definition) is 6. The van der Waals surface area contributed by atoms with E-state index in [-0.39, 0.29) is 18.4 Å². The van der Waals surface area contributed by atoms with Crippen molar-refractivity contribution in [2.24, 2.45) is 0 Å². The second kappa shape index (κ2) is 8.33. The minimum atomic E-state index is -0.216. The number of hydrogen-bond donors (Lipinski definition) is 1. The lowest BCUT2D eigenvalue weighted by atomic mass is 10.1. The zero-order chi connectivity index (χ0) is 21.2. The van der Waals surface area contributed by atoms with Gasteiger partial charge in [0.1, 0.15) is 5.75 Å². The molecule has 0 aliphatic carbocycles. The first-order valence-corrected chi connectivity index (χ1v) is 11.4. The third kappa shape index (κ3) is 4.08. The molecule has 6 nitrogen and oxygen atoms in total. The van der Waals surface area contributed by atoms with Crippen LogP contribution in [-0.4, -0.2) is 23.4 Å². The highest BCUT2D eigenvalue weighted by molar-refractivity contribution is 7.16. The Morgan fingerprint density at radius 2 is 1.90 bits per heavy atom. The lowest BCUT2D eigenvalue weighted by Crippen LogP contribution is -2.38. The monoisotopic (exact) mass is 447 g/mol. The summed E-state index contributed by atoms with van der Waals surface area (Å²) < 4.78 is 5.49. The van der Waals surface area contributed by atoms with Crippen LogP contribution in [-0.2, 0) is 11.3 Å². The molecule has 2 aromatic heterocycles. The molecule has 0 radical (unpaired) electrons. The van der Waals surface area contributed by atoms with Gasteiger partial charge in [0.05, 0.1) is 22.8 Å². The Balaban J connectivity index is 1.27. The van der Waals surface area contributed by atoms with E-state index in [2.05, 4.69) is 10.3 Å². The summed E-state index contributed by atoms with van der Waals surface area (Å²) >= 11 is 3.01. The fraction of sp³-hybridized carbons (Fsp3) is 0.0870. The number of nitrogens with zero attached hydrogens (tertiary/aromatic N) is 2. The van der Waals surface area contributed by atoms with Gasteiger partial charge >= 0.3 is 0 Å². The van der Waals surface area contributed by atoms with Crippen LogP contribution in [0.15, 0.2) is 71.4 Å². The number of amides is 2. The molecule has 0 saturated carbocycles. The van der Waals surface area contributed by atoms with E-state index in [1.54, 1.807) is 28.4 Å². The summed E-state index contributed by atoms with van der Waals surface area (Å²) in [7, 11) is 0. The minimum Gasteiger partial charge on any atom is -0.482 e. The average Bonchev–Trinajstić information content (AvgIpc) is 3.48. The number of anilines is 2. The van der Waals surface area contributed by atoms with Gasteiger partial charge in [-0.05, 0) is 41.3 Å². The zero-order valence-corrected chi connectivity index (χ0v) is 17.9. The van der Waals surface area contributed by atoms with Gasteiger partial charge in [-0.2, -0.15) is 0 Å².